The number of ether oxygens (including phenoxy) is 4. The average molecular weight is 363 g/mol. The molecule has 0 saturated heterocycles. The molecule has 0 amide bonds. The highest BCUT2D eigenvalue weighted by atomic mass is 16.7. The summed E-state index contributed by atoms with van der Waals surface area (Å²) in [7, 11) is 2.98. The summed E-state index contributed by atoms with van der Waals surface area (Å²) in [5.41, 5.74) is 0.406. The van der Waals surface area contributed by atoms with Gasteiger partial charge in [0, 0.05) is 18.7 Å². The normalized spacial score (nSPS) is 23.3. The number of hydrogen-bond acceptors (Lipinski definition) is 8. The number of aliphatic hydroxyl groups is 1. The van der Waals surface area contributed by atoms with Crippen molar-refractivity contribution in [3.8, 4) is 11.5 Å². The molecule has 8 nitrogen and oxygen atoms in total. The lowest BCUT2D eigenvalue weighted by atomic mass is 9.85. The predicted molar refractivity (Wildman–Crippen MR) is 89.7 cm³/mol. The van der Waals surface area contributed by atoms with Gasteiger partial charge in [0.25, 0.3) is 0 Å². The van der Waals surface area contributed by atoms with Gasteiger partial charge in [-0.25, -0.2) is 9.59 Å². The molecule has 0 aliphatic carbocycles. The van der Waals surface area contributed by atoms with E-state index < -0.39 is 29.9 Å². The standard InChI is InChI=1S/C18H21NO7/c1-18(2)16(21)15(19(3)10-7-14(20)24-9-10)12-8-11(25-17(22)23-4)5-6-13(12)26-18/h5-8,15-16,21H,9H2,1-4H3/t15-,16+/m0/s1. The fraction of sp³-hybridized carbons (Fsp3) is 0.444. The van der Waals surface area contributed by atoms with Gasteiger partial charge in [-0.1, -0.05) is 0 Å². The highest BCUT2D eigenvalue weighted by molar-refractivity contribution is 5.85. The fourth-order valence-corrected chi connectivity index (χ4v) is 3.11. The quantitative estimate of drug-likeness (QED) is 0.641. The Hall–Kier alpha value is -2.74. The molecule has 3 rings (SSSR count). The Morgan fingerprint density at radius 1 is 1.38 bits per heavy atom. The van der Waals surface area contributed by atoms with Gasteiger partial charge >= 0.3 is 12.1 Å². The van der Waals surface area contributed by atoms with Crippen LogP contribution in [-0.2, 0) is 14.3 Å². The van der Waals surface area contributed by atoms with Crippen molar-refractivity contribution < 1.29 is 33.6 Å². The maximum atomic E-state index is 11.4. The second-order valence-corrected chi connectivity index (χ2v) is 6.71. The number of carbonyl (C=O) groups excluding carboxylic acids is 2. The molecule has 1 aromatic carbocycles. The summed E-state index contributed by atoms with van der Waals surface area (Å²) in [5, 5.41) is 10.9. The number of benzene rings is 1. The van der Waals surface area contributed by atoms with Crippen molar-refractivity contribution in [1.82, 2.24) is 4.90 Å². The number of methoxy groups -OCH3 is 1. The van der Waals surface area contributed by atoms with Crippen molar-refractivity contribution in [1.29, 1.82) is 0 Å². The highest BCUT2D eigenvalue weighted by Gasteiger charge is 2.45. The second kappa shape index (κ2) is 6.53. The minimum absolute atomic E-state index is 0.132. The van der Waals surface area contributed by atoms with Crippen LogP contribution in [0.4, 0.5) is 4.79 Å². The summed E-state index contributed by atoms with van der Waals surface area (Å²) in [6, 6.07) is 4.34. The number of rotatable bonds is 3. The first-order valence-electron chi connectivity index (χ1n) is 8.10. The monoisotopic (exact) mass is 363 g/mol. The first-order valence-corrected chi connectivity index (χ1v) is 8.10. The van der Waals surface area contributed by atoms with E-state index in [-0.39, 0.29) is 12.4 Å². The molecule has 140 valence electrons. The Balaban J connectivity index is 2.02. The van der Waals surface area contributed by atoms with Crippen LogP contribution in [0.2, 0.25) is 0 Å². The van der Waals surface area contributed by atoms with Crippen molar-refractivity contribution in [3.05, 3.63) is 35.5 Å². The minimum atomic E-state index is -0.912. The van der Waals surface area contributed by atoms with Gasteiger partial charge < -0.3 is 29.0 Å². The van der Waals surface area contributed by atoms with E-state index in [4.69, 9.17) is 14.2 Å². The smallest absolute Gasteiger partial charge is 0.485 e. The van der Waals surface area contributed by atoms with Gasteiger partial charge in [0.15, 0.2) is 0 Å². The average Bonchev–Trinajstić information content (AvgIpc) is 3.02. The molecule has 1 N–H and O–H groups in total. The van der Waals surface area contributed by atoms with Crippen LogP contribution < -0.4 is 9.47 Å². The lowest BCUT2D eigenvalue weighted by molar-refractivity contribution is -0.135. The van der Waals surface area contributed by atoms with Gasteiger partial charge in [-0.3, -0.25) is 0 Å². The number of aliphatic hydroxyl groups excluding tert-OH is 1. The van der Waals surface area contributed by atoms with E-state index in [1.54, 1.807) is 44.0 Å². The zero-order valence-corrected chi connectivity index (χ0v) is 15.0. The zero-order valence-electron chi connectivity index (χ0n) is 15.0. The number of esters is 1. The number of nitrogens with zero attached hydrogens (tertiary/aromatic N) is 1. The Morgan fingerprint density at radius 2 is 2.12 bits per heavy atom. The van der Waals surface area contributed by atoms with Crippen LogP contribution in [0.15, 0.2) is 30.0 Å². The van der Waals surface area contributed by atoms with E-state index >= 15 is 0 Å². The summed E-state index contributed by atoms with van der Waals surface area (Å²) in [6.45, 7) is 3.70. The third-order valence-electron chi connectivity index (χ3n) is 4.57. The second-order valence-electron chi connectivity index (χ2n) is 6.71. The number of cyclic esters (lactones) is 1. The molecular formula is C18H21NO7. The molecule has 0 bridgehead atoms. The zero-order chi connectivity index (χ0) is 19.1. The molecule has 2 aliphatic rings. The highest BCUT2D eigenvalue weighted by Crippen LogP contribution is 2.45. The molecule has 2 aliphatic heterocycles. The minimum Gasteiger partial charge on any atom is -0.485 e. The third-order valence-corrected chi connectivity index (χ3v) is 4.57. The van der Waals surface area contributed by atoms with Crippen LogP contribution in [0.1, 0.15) is 25.5 Å². The molecule has 0 fully saturated rings. The third kappa shape index (κ3) is 3.20. The van der Waals surface area contributed by atoms with Crippen molar-refractivity contribution in [3.63, 3.8) is 0 Å². The lowest BCUT2D eigenvalue weighted by Gasteiger charge is -2.46. The Kier molecular flexibility index (Phi) is 4.53. The number of carbonyl (C=O) groups is 2. The topological polar surface area (TPSA) is 94.5 Å². The van der Waals surface area contributed by atoms with Crippen molar-refractivity contribution in [2.45, 2.75) is 31.6 Å². The summed E-state index contributed by atoms with van der Waals surface area (Å²) in [5.74, 6) is 0.396. The summed E-state index contributed by atoms with van der Waals surface area (Å²) in [6.07, 6.45) is -0.362. The molecule has 8 heteroatoms. The molecule has 0 aromatic heterocycles. The van der Waals surface area contributed by atoms with Crippen LogP contribution in [-0.4, -0.2) is 54.6 Å². The van der Waals surface area contributed by atoms with Crippen LogP contribution in [0.5, 0.6) is 11.5 Å². The molecule has 26 heavy (non-hydrogen) atoms. The van der Waals surface area contributed by atoms with E-state index in [2.05, 4.69) is 4.74 Å². The first kappa shape index (κ1) is 18.1. The number of fused-ring (bicyclic) bond motifs is 1. The Bertz CT molecular complexity index is 771. The molecule has 0 unspecified atom stereocenters. The fourth-order valence-electron chi connectivity index (χ4n) is 3.11. The maximum Gasteiger partial charge on any atom is 0.513 e. The summed E-state index contributed by atoms with van der Waals surface area (Å²) >= 11 is 0. The van der Waals surface area contributed by atoms with Gasteiger partial charge in [0.2, 0.25) is 0 Å². The van der Waals surface area contributed by atoms with Crippen LogP contribution in [0.3, 0.4) is 0 Å². The Morgan fingerprint density at radius 3 is 2.73 bits per heavy atom. The summed E-state index contributed by atoms with van der Waals surface area (Å²) < 4.78 is 20.5. The van der Waals surface area contributed by atoms with Crippen molar-refractivity contribution in [2.24, 2.45) is 0 Å². The van der Waals surface area contributed by atoms with Gasteiger partial charge in [0.05, 0.1) is 18.8 Å². The molecule has 0 radical (unpaired) electrons. The molecule has 0 spiro atoms. The SMILES string of the molecule is COC(=O)Oc1ccc2c(c1)[C@H](N(C)C1=CC(=O)OC1)[C@@H](O)C(C)(C)O2. The van der Waals surface area contributed by atoms with Crippen LogP contribution in [0, 0.1) is 0 Å². The Labute approximate surface area is 150 Å². The molecule has 2 heterocycles. The van der Waals surface area contributed by atoms with Crippen molar-refractivity contribution in [2.75, 3.05) is 20.8 Å². The number of likely N-dealkylation sites (N-methyl/N-ethyl adjacent to an activating group) is 1. The molecule has 2 atom stereocenters. The van der Waals surface area contributed by atoms with Crippen molar-refractivity contribution >= 4 is 12.1 Å². The van der Waals surface area contributed by atoms with Crippen LogP contribution in [0.25, 0.3) is 0 Å². The predicted octanol–water partition coefficient (Wildman–Crippen LogP) is 1.78. The van der Waals surface area contributed by atoms with Gasteiger partial charge in [-0.15, -0.1) is 0 Å². The maximum absolute atomic E-state index is 11.4. The summed E-state index contributed by atoms with van der Waals surface area (Å²) in [4.78, 5) is 24.6. The largest absolute Gasteiger partial charge is 0.513 e. The molecule has 1 aromatic rings. The van der Waals surface area contributed by atoms with E-state index in [1.807, 2.05) is 0 Å². The van der Waals surface area contributed by atoms with Gasteiger partial charge in [-0.2, -0.15) is 0 Å². The first-order chi connectivity index (χ1) is 12.2. The molecule has 0 saturated carbocycles. The number of hydrogen-bond donors (Lipinski definition) is 1. The van der Waals surface area contributed by atoms with E-state index in [0.717, 1.165) is 0 Å². The van der Waals surface area contributed by atoms with Gasteiger partial charge in [-0.05, 0) is 32.0 Å². The lowest BCUT2D eigenvalue weighted by Crippen LogP contribution is -2.52. The van der Waals surface area contributed by atoms with E-state index in [9.17, 15) is 14.7 Å². The van der Waals surface area contributed by atoms with E-state index in [1.165, 1.54) is 13.2 Å². The van der Waals surface area contributed by atoms with Gasteiger partial charge in [0.1, 0.15) is 29.8 Å². The van der Waals surface area contributed by atoms with E-state index in [0.29, 0.717) is 17.0 Å². The molecular weight excluding hydrogens is 342 g/mol. The van der Waals surface area contributed by atoms with Crippen LogP contribution >= 0.6 is 0 Å².